The van der Waals surface area contributed by atoms with E-state index in [9.17, 15) is 9.59 Å². The summed E-state index contributed by atoms with van der Waals surface area (Å²) >= 11 is 6.00. The minimum Gasteiger partial charge on any atom is -0.289 e. The fourth-order valence-corrected chi connectivity index (χ4v) is 2.99. The van der Waals surface area contributed by atoms with Gasteiger partial charge >= 0.3 is 0 Å². The largest absolute Gasteiger partial charge is 0.289 e. The highest BCUT2D eigenvalue weighted by molar-refractivity contribution is 6.32. The third-order valence-electron chi connectivity index (χ3n) is 3.84. The summed E-state index contributed by atoms with van der Waals surface area (Å²) in [5.74, 6) is -0.209. The van der Waals surface area contributed by atoms with Crippen LogP contribution in [0.25, 0.3) is 10.8 Å². The van der Waals surface area contributed by atoms with Crippen LogP contribution in [0.3, 0.4) is 0 Å². The van der Waals surface area contributed by atoms with Gasteiger partial charge in [-0.25, -0.2) is 0 Å². The van der Waals surface area contributed by atoms with Gasteiger partial charge in [-0.2, -0.15) is 0 Å². The van der Waals surface area contributed by atoms with Gasteiger partial charge < -0.3 is 0 Å². The number of halogens is 1. The topological polar surface area (TPSA) is 34.1 Å². The van der Waals surface area contributed by atoms with Gasteiger partial charge in [-0.15, -0.1) is 0 Å². The maximum Gasteiger partial charge on any atom is 0.194 e. The minimum atomic E-state index is -0.109. The molecule has 3 aromatic carbocycles. The molecule has 0 saturated heterocycles. The monoisotopic (exact) mass is 292 g/mol. The van der Waals surface area contributed by atoms with Crippen LogP contribution in [0.2, 0.25) is 5.02 Å². The summed E-state index contributed by atoms with van der Waals surface area (Å²) in [5, 5.41) is 2.37. The molecule has 2 nitrogen and oxygen atoms in total. The van der Waals surface area contributed by atoms with E-state index in [1.54, 1.807) is 48.5 Å². The fraction of sp³-hybridized carbons (Fsp3) is 0. The van der Waals surface area contributed by atoms with Crippen LogP contribution in [0.4, 0.5) is 0 Å². The predicted molar refractivity (Wildman–Crippen MR) is 82.3 cm³/mol. The molecule has 0 saturated carbocycles. The van der Waals surface area contributed by atoms with Crippen molar-refractivity contribution in [1.82, 2.24) is 0 Å². The summed E-state index contributed by atoms with van der Waals surface area (Å²) in [4.78, 5) is 25.2. The van der Waals surface area contributed by atoms with Crippen molar-refractivity contribution in [2.75, 3.05) is 0 Å². The Balaban J connectivity index is 2.06. The number of fused-ring (bicyclic) bond motifs is 3. The Hall–Kier alpha value is -2.45. The maximum atomic E-state index is 12.6. The molecular formula is C18H9ClO2. The molecular weight excluding hydrogens is 284 g/mol. The first kappa shape index (κ1) is 12.3. The molecule has 0 bridgehead atoms. The van der Waals surface area contributed by atoms with Gasteiger partial charge in [0.15, 0.2) is 11.6 Å². The normalized spacial score (nSPS) is 13.2. The Kier molecular flexibility index (Phi) is 2.50. The maximum absolute atomic E-state index is 12.6. The first-order valence-corrected chi connectivity index (χ1v) is 6.95. The summed E-state index contributed by atoms with van der Waals surface area (Å²) < 4.78 is 0. The zero-order chi connectivity index (χ0) is 14.6. The number of benzene rings is 3. The Bertz CT molecular complexity index is 941. The van der Waals surface area contributed by atoms with Gasteiger partial charge in [0, 0.05) is 27.3 Å². The summed E-state index contributed by atoms with van der Waals surface area (Å²) in [5.41, 5.74) is 1.86. The molecule has 0 fully saturated rings. The minimum absolute atomic E-state index is 0.1000. The van der Waals surface area contributed by atoms with Gasteiger partial charge in [0.1, 0.15) is 0 Å². The van der Waals surface area contributed by atoms with Crippen LogP contribution >= 0.6 is 11.6 Å². The first-order valence-electron chi connectivity index (χ1n) is 6.57. The Morgan fingerprint density at radius 2 is 1.19 bits per heavy atom. The zero-order valence-electron chi connectivity index (χ0n) is 10.9. The Morgan fingerprint density at radius 1 is 0.619 bits per heavy atom. The molecule has 0 N–H and O–H groups in total. The van der Waals surface area contributed by atoms with Crippen molar-refractivity contribution in [3.8, 4) is 0 Å². The van der Waals surface area contributed by atoms with E-state index < -0.39 is 0 Å². The lowest BCUT2D eigenvalue weighted by atomic mass is 9.83. The number of ketones is 2. The number of hydrogen-bond acceptors (Lipinski definition) is 2. The molecule has 0 amide bonds. The second-order valence-electron chi connectivity index (χ2n) is 5.09. The molecule has 0 heterocycles. The average Bonchev–Trinajstić information content (AvgIpc) is 2.51. The summed E-state index contributed by atoms with van der Waals surface area (Å²) in [6.07, 6.45) is 0. The predicted octanol–water partition coefficient (Wildman–Crippen LogP) is 4.27. The lowest BCUT2D eigenvalue weighted by molar-refractivity contribution is 0.0979. The molecule has 3 heteroatoms. The van der Waals surface area contributed by atoms with Crippen LogP contribution in [0.1, 0.15) is 31.8 Å². The van der Waals surface area contributed by atoms with Crippen molar-refractivity contribution >= 4 is 33.9 Å². The summed E-state index contributed by atoms with van der Waals surface area (Å²) in [6, 6.07) is 15.9. The molecule has 100 valence electrons. The van der Waals surface area contributed by atoms with Crippen LogP contribution in [-0.4, -0.2) is 11.6 Å². The smallest absolute Gasteiger partial charge is 0.194 e. The molecule has 4 rings (SSSR count). The van der Waals surface area contributed by atoms with E-state index in [1.807, 2.05) is 6.07 Å². The van der Waals surface area contributed by atoms with Gasteiger partial charge in [0.2, 0.25) is 0 Å². The molecule has 0 radical (unpaired) electrons. The van der Waals surface area contributed by atoms with Crippen LogP contribution in [0, 0.1) is 0 Å². The number of hydrogen-bond donors (Lipinski definition) is 0. The van der Waals surface area contributed by atoms with Gasteiger partial charge in [0.05, 0.1) is 0 Å². The van der Waals surface area contributed by atoms with Crippen molar-refractivity contribution in [3.63, 3.8) is 0 Å². The highest BCUT2D eigenvalue weighted by atomic mass is 35.5. The average molecular weight is 293 g/mol. The van der Waals surface area contributed by atoms with Crippen LogP contribution in [0.15, 0.2) is 54.6 Å². The number of rotatable bonds is 0. The van der Waals surface area contributed by atoms with E-state index in [2.05, 4.69) is 0 Å². The second-order valence-corrected chi connectivity index (χ2v) is 5.53. The van der Waals surface area contributed by atoms with E-state index in [-0.39, 0.29) is 11.6 Å². The van der Waals surface area contributed by atoms with E-state index >= 15 is 0 Å². The van der Waals surface area contributed by atoms with Crippen molar-refractivity contribution < 1.29 is 9.59 Å². The number of carbonyl (C=O) groups excluding carboxylic acids is 2. The van der Waals surface area contributed by atoms with Crippen LogP contribution in [0.5, 0.6) is 0 Å². The third-order valence-corrected chi connectivity index (χ3v) is 4.08. The zero-order valence-corrected chi connectivity index (χ0v) is 11.6. The lowest BCUT2D eigenvalue weighted by Crippen LogP contribution is -2.20. The molecule has 21 heavy (non-hydrogen) atoms. The van der Waals surface area contributed by atoms with Gasteiger partial charge in [-0.05, 0) is 35.0 Å². The van der Waals surface area contributed by atoms with Crippen molar-refractivity contribution in [3.05, 3.63) is 81.9 Å². The molecule has 1 aliphatic carbocycles. The van der Waals surface area contributed by atoms with Crippen LogP contribution < -0.4 is 0 Å². The number of carbonyl (C=O) groups is 2. The molecule has 0 unspecified atom stereocenters. The van der Waals surface area contributed by atoms with E-state index in [0.29, 0.717) is 27.3 Å². The van der Waals surface area contributed by atoms with Crippen molar-refractivity contribution in [2.45, 2.75) is 0 Å². The first-order chi connectivity index (χ1) is 10.1. The van der Waals surface area contributed by atoms with E-state index in [1.165, 1.54) is 0 Å². The van der Waals surface area contributed by atoms with Crippen molar-refractivity contribution in [1.29, 1.82) is 0 Å². The van der Waals surface area contributed by atoms with Crippen LogP contribution in [-0.2, 0) is 0 Å². The molecule has 1 aliphatic rings. The standard InChI is InChI=1S/C18H9ClO2/c19-12-6-5-10-8-15-16(9-11(10)7-12)18(21)14-4-2-1-3-13(14)17(15)20/h1-9H. The van der Waals surface area contributed by atoms with E-state index in [0.717, 1.165) is 10.8 Å². The molecule has 0 atom stereocenters. The Morgan fingerprint density at radius 3 is 1.81 bits per heavy atom. The van der Waals surface area contributed by atoms with Crippen molar-refractivity contribution in [2.24, 2.45) is 0 Å². The van der Waals surface area contributed by atoms with Gasteiger partial charge in [-0.1, -0.05) is 41.9 Å². The molecule has 0 spiro atoms. The second kappa shape index (κ2) is 4.27. The van der Waals surface area contributed by atoms with Gasteiger partial charge in [-0.3, -0.25) is 9.59 Å². The quantitative estimate of drug-likeness (QED) is 0.485. The third kappa shape index (κ3) is 1.73. The summed E-state index contributed by atoms with van der Waals surface area (Å²) in [7, 11) is 0. The highest BCUT2D eigenvalue weighted by Crippen LogP contribution is 2.31. The summed E-state index contributed by atoms with van der Waals surface area (Å²) in [6.45, 7) is 0. The molecule has 0 aromatic heterocycles. The molecule has 0 aliphatic heterocycles. The van der Waals surface area contributed by atoms with E-state index in [4.69, 9.17) is 11.6 Å². The molecule has 3 aromatic rings. The SMILES string of the molecule is O=C1c2ccccc2C(=O)c2cc3cc(Cl)ccc3cc21. The lowest BCUT2D eigenvalue weighted by Gasteiger charge is -2.18. The fourth-order valence-electron chi connectivity index (χ4n) is 2.81. The van der Waals surface area contributed by atoms with Gasteiger partial charge in [0.25, 0.3) is 0 Å². The Labute approximate surface area is 126 Å². The highest BCUT2D eigenvalue weighted by Gasteiger charge is 2.29.